The van der Waals surface area contributed by atoms with Crippen LogP contribution in [-0.2, 0) is 26.2 Å². The molecule has 1 N–H and O–H groups in total. The highest BCUT2D eigenvalue weighted by Crippen LogP contribution is 2.21. The summed E-state index contributed by atoms with van der Waals surface area (Å²) in [5.74, 6) is -0.773. The Morgan fingerprint density at radius 1 is 1.03 bits per heavy atom. The fourth-order valence-electron chi connectivity index (χ4n) is 3.16. The van der Waals surface area contributed by atoms with Crippen molar-refractivity contribution in [3.8, 4) is 0 Å². The Morgan fingerprint density at radius 2 is 1.61 bits per heavy atom. The van der Waals surface area contributed by atoms with Crippen LogP contribution >= 0.6 is 11.6 Å². The highest BCUT2D eigenvalue weighted by atomic mass is 35.5. The van der Waals surface area contributed by atoms with E-state index < -0.39 is 28.5 Å². The molecule has 0 unspecified atom stereocenters. The minimum absolute atomic E-state index is 0.0436. The Balaban J connectivity index is 2.36. The van der Waals surface area contributed by atoms with Crippen molar-refractivity contribution in [2.24, 2.45) is 0 Å². The van der Waals surface area contributed by atoms with Crippen LogP contribution in [0.1, 0.15) is 38.3 Å². The van der Waals surface area contributed by atoms with Gasteiger partial charge in [-0.15, -0.1) is 0 Å². The minimum Gasteiger partial charge on any atom is -0.352 e. The molecule has 33 heavy (non-hydrogen) atoms. The SMILES string of the molecule is CC[C@H](C)NC(=O)[C@H](C)N(Cc1ccc(C)cc1)C(=O)CN(c1ccc(Cl)cc1)S(C)(=O)=O. The molecule has 2 amide bonds. The predicted octanol–water partition coefficient (Wildman–Crippen LogP) is 3.75. The van der Waals surface area contributed by atoms with E-state index in [1.165, 1.54) is 4.90 Å². The van der Waals surface area contributed by atoms with Crippen LogP contribution in [0.4, 0.5) is 5.69 Å². The van der Waals surface area contributed by atoms with E-state index in [0.29, 0.717) is 10.7 Å². The van der Waals surface area contributed by atoms with Crippen LogP contribution in [0.5, 0.6) is 0 Å². The van der Waals surface area contributed by atoms with Gasteiger partial charge in [-0.1, -0.05) is 48.4 Å². The van der Waals surface area contributed by atoms with Gasteiger partial charge in [0.2, 0.25) is 21.8 Å². The van der Waals surface area contributed by atoms with Gasteiger partial charge in [0.25, 0.3) is 0 Å². The van der Waals surface area contributed by atoms with Crippen LogP contribution in [0.15, 0.2) is 48.5 Å². The van der Waals surface area contributed by atoms with Gasteiger partial charge in [-0.25, -0.2) is 8.42 Å². The van der Waals surface area contributed by atoms with Gasteiger partial charge in [0.1, 0.15) is 12.6 Å². The summed E-state index contributed by atoms with van der Waals surface area (Å²) >= 11 is 5.93. The number of nitrogens with zero attached hydrogens (tertiary/aromatic N) is 2. The number of benzene rings is 2. The molecule has 0 fully saturated rings. The molecule has 9 heteroatoms. The number of aryl methyl sites for hydroxylation is 1. The zero-order valence-electron chi connectivity index (χ0n) is 19.7. The van der Waals surface area contributed by atoms with E-state index in [1.54, 1.807) is 31.2 Å². The second-order valence-electron chi connectivity index (χ2n) is 8.25. The van der Waals surface area contributed by atoms with Crippen molar-refractivity contribution < 1.29 is 18.0 Å². The van der Waals surface area contributed by atoms with Crippen molar-refractivity contribution in [1.82, 2.24) is 10.2 Å². The lowest BCUT2D eigenvalue weighted by molar-refractivity contribution is -0.139. The normalized spacial score (nSPS) is 13.2. The number of hydrogen-bond donors (Lipinski definition) is 1. The molecule has 2 atom stereocenters. The maximum atomic E-state index is 13.4. The second kappa shape index (κ2) is 11.5. The number of amides is 2. The quantitative estimate of drug-likeness (QED) is 0.546. The largest absolute Gasteiger partial charge is 0.352 e. The highest BCUT2D eigenvalue weighted by molar-refractivity contribution is 7.92. The van der Waals surface area contributed by atoms with Crippen molar-refractivity contribution in [2.45, 2.75) is 52.7 Å². The maximum absolute atomic E-state index is 13.4. The van der Waals surface area contributed by atoms with Crippen LogP contribution < -0.4 is 9.62 Å². The Kier molecular flexibility index (Phi) is 9.31. The van der Waals surface area contributed by atoms with Crippen LogP contribution in [-0.4, -0.2) is 50.0 Å². The van der Waals surface area contributed by atoms with Crippen LogP contribution in [0.2, 0.25) is 5.02 Å². The van der Waals surface area contributed by atoms with Gasteiger partial charge < -0.3 is 10.2 Å². The van der Waals surface area contributed by atoms with Gasteiger partial charge in [0.05, 0.1) is 11.9 Å². The minimum atomic E-state index is -3.76. The summed E-state index contributed by atoms with van der Waals surface area (Å²) in [6, 6.07) is 13.0. The molecule has 2 aromatic carbocycles. The first-order chi connectivity index (χ1) is 15.4. The summed E-state index contributed by atoms with van der Waals surface area (Å²) in [5.41, 5.74) is 2.24. The third-order valence-corrected chi connectivity index (χ3v) is 6.83. The van der Waals surface area contributed by atoms with Crippen molar-refractivity contribution in [2.75, 3.05) is 17.1 Å². The number of hydrogen-bond acceptors (Lipinski definition) is 4. The Hall–Kier alpha value is -2.58. The number of carbonyl (C=O) groups is 2. The molecule has 0 spiro atoms. The first-order valence-corrected chi connectivity index (χ1v) is 13.0. The Morgan fingerprint density at radius 3 is 2.12 bits per heavy atom. The van der Waals surface area contributed by atoms with Crippen molar-refractivity contribution in [3.63, 3.8) is 0 Å². The number of rotatable bonds is 10. The fourth-order valence-corrected chi connectivity index (χ4v) is 4.13. The van der Waals surface area contributed by atoms with Crippen molar-refractivity contribution in [3.05, 3.63) is 64.7 Å². The number of carbonyl (C=O) groups excluding carboxylic acids is 2. The lowest BCUT2D eigenvalue weighted by Gasteiger charge is -2.32. The molecule has 0 saturated carbocycles. The lowest BCUT2D eigenvalue weighted by Crippen LogP contribution is -2.52. The van der Waals surface area contributed by atoms with Crippen molar-refractivity contribution >= 4 is 39.1 Å². The summed E-state index contributed by atoms with van der Waals surface area (Å²) in [6.45, 7) is 7.20. The van der Waals surface area contributed by atoms with E-state index in [2.05, 4.69) is 5.32 Å². The molecular formula is C24H32ClN3O4S. The molecule has 0 radical (unpaired) electrons. The molecule has 0 aromatic heterocycles. The average Bonchev–Trinajstić information content (AvgIpc) is 2.76. The zero-order chi connectivity index (χ0) is 24.8. The summed E-state index contributed by atoms with van der Waals surface area (Å²) in [5, 5.41) is 3.36. The van der Waals surface area contributed by atoms with E-state index >= 15 is 0 Å². The first-order valence-electron chi connectivity index (χ1n) is 10.8. The molecule has 180 valence electrons. The molecular weight excluding hydrogens is 462 g/mol. The number of anilines is 1. The summed E-state index contributed by atoms with van der Waals surface area (Å²) in [4.78, 5) is 27.7. The molecule has 0 aliphatic heterocycles. The number of nitrogens with one attached hydrogen (secondary N) is 1. The molecule has 2 rings (SSSR count). The molecule has 0 aliphatic rings. The van der Waals surface area contributed by atoms with Crippen LogP contribution in [0, 0.1) is 6.92 Å². The van der Waals surface area contributed by atoms with E-state index in [0.717, 1.165) is 28.1 Å². The molecule has 2 aromatic rings. The van der Waals surface area contributed by atoms with E-state index in [1.807, 2.05) is 45.0 Å². The topological polar surface area (TPSA) is 86.8 Å². The van der Waals surface area contributed by atoms with Crippen LogP contribution in [0.3, 0.4) is 0 Å². The van der Waals surface area contributed by atoms with Gasteiger partial charge in [0.15, 0.2) is 0 Å². The number of halogens is 1. The van der Waals surface area contributed by atoms with Gasteiger partial charge in [-0.3, -0.25) is 13.9 Å². The van der Waals surface area contributed by atoms with Gasteiger partial charge in [-0.2, -0.15) is 0 Å². The summed E-state index contributed by atoms with van der Waals surface area (Å²) in [6.07, 6.45) is 1.79. The third-order valence-electron chi connectivity index (χ3n) is 5.44. The fraction of sp³-hybridized carbons (Fsp3) is 0.417. The Bertz CT molecular complexity index is 1060. The van der Waals surface area contributed by atoms with E-state index in [4.69, 9.17) is 11.6 Å². The summed E-state index contributed by atoms with van der Waals surface area (Å²) < 4.78 is 26.0. The lowest BCUT2D eigenvalue weighted by atomic mass is 10.1. The molecule has 0 saturated heterocycles. The van der Waals surface area contributed by atoms with E-state index in [-0.39, 0.29) is 18.5 Å². The molecule has 0 aliphatic carbocycles. The number of sulfonamides is 1. The average molecular weight is 494 g/mol. The van der Waals surface area contributed by atoms with Gasteiger partial charge in [-0.05, 0) is 57.0 Å². The maximum Gasteiger partial charge on any atom is 0.244 e. The smallest absolute Gasteiger partial charge is 0.244 e. The molecule has 0 heterocycles. The second-order valence-corrected chi connectivity index (χ2v) is 10.6. The standard InChI is InChI=1S/C24H32ClN3O4S/c1-6-18(3)26-24(30)19(4)27(15-20-9-7-17(2)8-10-20)23(29)16-28(33(5,31)32)22-13-11-21(25)12-14-22/h7-14,18-19H,6,15-16H2,1-5H3,(H,26,30)/t18-,19-/m0/s1. The third kappa shape index (κ3) is 7.75. The Labute approximate surface area is 201 Å². The summed E-state index contributed by atoms with van der Waals surface area (Å²) in [7, 11) is -3.76. The zero-order valence-corrected chi connectivity index (χ0v) is 21.3. The first kappa shape index (κ1) is 26.7. The molecule has 7 nitrogen and oxygen atoms in total. The van der Waals surface area contributed by atoms with Crippen molar-refractivity contribution in [1.29, 1.82) is 0 Å². The van der Waals surface area contributed by atoms with Gasteiger partial charge in [0, 0.05) is 17.6 Å². The monoisotopic (exact) mass is 493 g/mol. The van der Waals surface area contributed by atoms with Gasteiger partial charge >= 0.3 is 0 Å². The van der Waals surface area contributed by atoms with E-state index in [9.17, 15) is 18.0 Å². The van der Waals surface area contributed by atoms with Crippen LogP contribution in [0.25, 0.3) is 0 Å². The highest BCUT2D eigenvalue weighted by Gasteiger charge is 2.30. The predicted molar refractivity (Wildman–Crippen MR) is 133 cm³/mol. The molecule has 0 bridgehead atoms.